The van der Waals surface area contributed by atoms with Crippen LogP contribution in [0.25, 0.3) is 6.08 Å². The van der Waals surface area contributed by atoms with E-state index in [1.807, 2.05) is 54.6 Å². The minimum absolute atomic E-state index is 0.0759. The molecule has 0 heterocycles. The highest BCUT2D eigenvalue weighted by molar-refractivity contribution is 5.89. The van der Waals surface area contributed by atoms with Crippen molar-refractivity contribution in [2.45, 2.75) is 32.6 Å². The van der Waals surface area contributed by atoms with Crippen molar-refractivity contribution in [3.63, 3.8) is 0 Å². The van der Waals surface area contributed by atoms with Crippen molar-refractivity contribution in [2.75, 3.05) is 24.6 Å². The van der Waals surface area contributed by atoms with Gasteiger partial charge in [-0.05, 0) is 42.3 Å². The topological polar surface area (TPSA) is 77.1 Å². The second kappa shape index (κ2) is 12.8. The number of allylic oxidation sites excluding steroid dienone is 1. The standard InChI is InChI=1S/C25H27N3O2/c1-2-3-4-8-15-28(16-17-30-25(29)23-9-6-5-7-10-23)24-13-11-21(12-14-24)18-22(19-26)20-27/h5-7,9-14,18H,2-4,8,15-17H2,1H3. The Balaban J connectivity index is 2.01. The molecule has 0 N–H and O–H groups in total. The van der Waals surface area contributed by atoms with Crippen LogP contribution in [0.15, 0.2) is 60.2 Å². The van der Waals surface area contributed by atoms with Gasteiger partial charge < -0.3 is 9.64 Å². The van der Waals surface area contributed by atoms with Crippen LogP contribution in [-0.4, -0.2) is 25.7 Å². The zero-order valence-electron chi connectivity index (χ0n) is 17.4. The van der Waals surface area contributed by atoms with Gasteiger partial charge >= 0.3 is 5.97 Å². The van der Waals surface area contributed by atoms with Crippen molar-refractivity contribution in [2.24, 2.45) is 0 Å². The van der Waals surface area contributed by atoms with E-state index >= 15 is 0 Å². The SMILES string of the molecule is CCCCCCN(CCOC(=O)c1ccccc1)c1ccc(C=C(C#N)C#N)cc1. The molecular weight excluding hydrogens is 374 g/mol. The molecule has 0 atom stereocenters. The number of unbranched alkanes of at least 4 members (excludes halogenated alkanes) is 3. The first-order chi connectivity index (χ1) is 14.7. The predicted octanol–water partition coefficient (Wildman–Crippen LogP) is 5.36. The van der Waals surface area contributed by atoms with Crippen LogP contribution < -0.4 is 4.90 Å². The molecule has 0 radical (unpaired) electrons. The third-order valence-corrected chi connectivity index (χ3v) is 4.70. The van der Waals surface area contributed by atoms with Gasteiger partial charge in [-0.3, -0.25) is 0 Å². The number of ether oxygens (including phenoxy) is 1. The lowest BCUT2D eigenvalue weighted by molar-refractivity contribution is 0.0515. The number of anilines is 1. The Labute approximate surface area is 178 Å². The average molecular weight is 402 g/mol. The van der Waals surface area contributed by atoms with E-state index in [2.05, 4.69) is 11.8 Å². The summed E-state index contributed by atoms with van der Waals surface area (Å²) in [4.78, 5) is 14.4. The number of hydrogen-bond donors (Lipinski definition) is 0. The van der Waals surface area contributed by atoms with Crippen LogP contribution in [0.2, 0.25) is 0 Å². The minimum atomic E-state index is -0.317. The molecular formula is C25H27N3O2. The molecule has 30 heavy (non-hydrogen) atoms. The van der Waals surface area contributed by atoms with Crippen molar-refractivity contribution >= 4 is 17.7 Å². The summed E-state index contributed by atoms with van der Waals surface area (Å²) in [6.07, 6.45) is 6.17. The molecule has 0 spiro atoms. The highest BCUT2D eigenvalue weighted by atomic mass is 16.5. The molecule has 0 aliphatic carbocycles. The van der Waals surface area contributed by atoms with Gasteiger partial charge in [-0.15, -0.1) is 0 Å². The Hall–Kier alpha value is -3.57. The quantitative estimate of drug-likeness (QED) is 0.288. The first kappa shape index (κ1) is 22.7. The molecule has 0 aromatic heterocycles. The van der Waals surface area contributed by atoms with Crippen LogP contribution in [0, 0.1) is 22.7 Å². The summed E-state index contributed by atoms with van der Waals surface area (Å²) in [5.41, 5.74) is 2.45. The van der Waals surface area contributed by atoms with Gasteiger partial charge in [0.05, 0.1) is 12.1 Å². The maximum atomic E-state index is 12.2. The first-order valence-corrected chi connectivity index (χ1v) is 10.3. The molecule has 5 heteroatoms. The summed E-state index contributed by atoms with van der Waals surface area (Å²) in [5.74, 6) is -0.317. The van der Waals surface area contributed by atoms with E-state index in [0.29, 0.717) is 18.7 Å². The molecule has 0 bridgehead atoms. The summed E-state index contributed by atoms with van der Waals surface area (Å²) >= 11 is 0. The zero-order valence-corrected chi connectivity index (χ0v) is 17.4. The summed E-state index contributed by atoms with van der Waals surface area (Å²) in [6.45, 7) is 3.96. The second-order valence-electron chi connectivity index (χ2n) is 6.92. The van der Waals surface area contributed by atoms with Crippen LogP contribution in [0.1, 0.15) is 48.5 Å². The fourth-order valence-corrected chi connectivity index (χ4v) is 3.04. The lowest BCUT2D eigenvalue weighted by Gasteiger charge is -2.25. The fraction of sp³-hybridized carbons (Fsp3) is 0.320. The number of rotatable bonds is 11. The van der Waals surface area contributed by atoms with E-state index in [1.54, 1.807) is 18.2 Å². The summed E-state index contributed by atoms with van der Waals surface area (Å²) < 4.78 is 5.45. The molecule has 2 aromatic rings. The van der Waals surface area contributed by atoms with Gasteiger partial charge in [-0.2, -0.15) is 10.5 Å². The highest BCUT2D eigenvalue weighted by Crippen LogP contribution is 2.18. The average Bonchev–Trinajstić information content (AvgIpc) is 2.80. The van der Waals surface area contributed by atoms with Gasteiger partial charge in [0.2, 0.25) is 0 Å². The Kier molecular flexibility index (Phi) is 9.69. The number of nitrogens with zero attached hydrogens (tertiary/aromatic N) is 3. The van der Waals surface area contributed by atoms with Gasteiger partial charge in [0.25, 0.3) is 0 Å². The first-order valence-electron chi connectivity index (χ1n) is 10.3. The molecule has 0 saturated carbocycles. The number of carbonyl (C=O) groups is 1. The van der Waals surface area contributed by atoms with Gasteiger partial charge in [0, 0.05) is 12.2 Å². The molecule has 2 aromatic carbocycles. The molecule has 0 aliphatic rings. The van der Waals surface area contributed by atoms with Crippen LogP contribution in [0.4, 0.5) is 5.69 Å². The molecule has 0 amide bonds. The summed E-state index contributed by atoms with van der Waals surface area (Å²) in [6, 6.07) is 20.4. The Bertz CT molecular complexity index is 890. The highest BCUT2D eigenvalue weighted by Gasteiger charge is 2.10. The van der Waals surface area contributed by atoms with Crippen LogP contribution in [-0.2, 0) is 4.74 Å². The van der Waals surface area contributed by atoms with Crippen molar-refractivity contribution in [1.29, 1.82) is 10.5 Å². The van der Waals surface area contributed by atoms with E-state index < -0.39 is 0 Å². The number of carbonyl (C=O) groups excluding carboxylic acids is 1. The fourth-order valence-electron chi connectivity index (χ4n) is 3.04. The Morgan fingerprint density at radius 2 is 1.67 bits per heavy atom. The molecule has 5 nitrogen and oxygen atoms in total. The second-order valence-corrected chi connectivity index (χ2v) is 6.92. The number of benzene rings is 2. The van der Waals surface area contributed by atoms with Crippen LogP contribution in [0.5, 0.6) is 0 Å². The van der Waals surface area contributed by atoms with Crippen LogP contribution in [0.3, 0.4) is 0 Å². The predicted molar refractivity (Wildman–Crippen MR) is 119 cm³/mol. The molecule has 0 unspecified atom stereocenters. The maximum absolute atomic E-state index is 12.2. The smallest absolute Gasteiger partial charge is 0.338 e. The van der Waals surface area contributed by atoms with Gasteiger partial charge in [0.15, 0.2) is 0 Å². The van der Waals surface area contributed by atoms with Crippen molar-refractivity contribution in [3.8, 4) is 12.1 Å². The molecule has 2 rings (SSSR count). The summed E-state index contributed by atoms with van der Waals surface area (Å²) in [5, 5.41) is 17.8. The summed E-state index contributed by atoms with van der Waals surface area (Å²) in [7, 11) is 0. The molecule has 154 valence electrons. The monoisotopic (exact) mass is 401 g/mol. The Morgan fingerprint density at radius 3 is 2.30 bits per heavy atom. The van der Waals surface area contributed by atoms with Crippen molar-refractivity contribution < 1.29 is 9.53 Å². The third-order valence-electron chi connectivity index (χ3n) is 4.70. The zero-order chi connectivity index (χ0) is 21.6. The van der Waals surface area contributed by atoms with E-state index in [0.717, 1.165) is 30.6 Å². The van der Waals surface area contributed by atoms with Crippen LogP contribution >= 0.6 is 0 Å². The minimum Gasteiger partial charge on any atom is -0.460 e. The van der Waals surface area contributed by atoms with Crippen molar-refractivity contribution in [3.05, 3.63) is 71.3 Å². The van der Waals surface area contributed by atoms with E-state index in [1.165, 1.54) is 12.8 Å². The van der Waals surface area contributed by atoms with Crippen molar-refractivity contribution in [1.82, 2.24) is 0 Å². The molecule has 0 saturated heterocycles. The Morgan fingerprint density at radius 1 is 0.967 bits per heavy atom. The number of hydrogen-bond acceptors (Lipinski definition) is 5. The molecule has 0 aliphatic heterocycles. The largest absolute Gasteiger partial charge is 0.460 e. The lowest BCUT2D eigenvalue weighted by atomic mass is 10.1. The van der Waals surface area contributed by atoms with Gasteiger partial charge in [-0.1, -0.05) is 56.5 Å². The lowest BCUT2D eigenvalue weighted by Crippen LogP contribution is -2.29. The van der Waals surface area contributed by atoms with Gasteiger partial charge in [-0.25, -0.2) is 4.79 Å². The molecule has 0 fully saturated rings. The number of esters is 1. The normalized spacial score (nSPS) is 9.83. The third kappa shape index (κ3) is 7.45. The van der Waals surface area contributed by atoms with E-state index in [9.17, 15) is 4.79 Å². The van der Waals surface area contributed by atoms with E-state index in [-0.39, 0.29) is 11.5 Å². The van der Waals surface area contributed by atoms with Gasteiger partial charge in [0.1, 0.15) is 24.3 Å². The number of nitriles is 2. The van der Waals surface area contributed by atoms with E-state index in [4.69, 9.17) is 15.3 Å². The maximum Gasteiger partial charge on any atom is 0.338 e.